The lowest BCUT2D eigenvalue weighted by molar-refractivity contribution is 0.193. The van der Waals surface area contributed by atoms with Crippen LogP contribution in [0.15, 0.2) is 169 Å². The van der Waals surface area contributed by atoms with E-state index >= 15 is 0 Å². The van der Waals surface area contributed by atoms with Crippen molar-refractivity contribution >= 4 is 55.2 Å². The third kappa shape index (κ3) is 4.83. The normalized spacial score (nSPS) is 24.1. The Kier molecular flexibility index (Phi) is 4.03. The Morgan fingerprint density at radius 2 is 1.14 bits per heavy atom. The SMILES string of the molecule is [2H]c1cc2c3c([2H])c(-c4ccccc4)c([2H])c([2H])c3n(-c3c([2H])c([2H])c([2H])c([2H])c3-c3nc(N4c5c([2H])c([2H])c([2H])c([2H])c5C5(C)CCCCC45C)nc(-n4c5c([2H])c([2H])c([2H])c([2H])c5c5c([2H])c([2H])c([2H])c([2H])c54)n3)c2c([2H])c1[2H]. The number of hydrogen-bond donors (Lipinski definition) is 0. The molecule has 2 unspecified atom stereocenters. The van der Waals surface area contributed by atoms with Gasteiger partial charge in [-0.15, -0.1) is 0 Å². The largest absolute Gasteiger partial charge is 0.309 e. The Labute approximate surface area is 374 Å². The van der Waals surface area contributed by atoms with Gasteiger partial charge in [-0.2, -0.15) is 15.0 Å². The Bertz CT molecular complexity index is 4480. The summed E-state index contributed by atoms with van der Waals surface area (Å²) in [6.07, 6.45) is 1.91. The number of nitrogens with zero attached hydrogens (tertiary/aromatic N) is 6. The summed E-state index contributed by atoms with van der Waals surface area (Å²) in [5.74, 6) is -1.79. The van der Waals surface area contributed by atoms with Gasteiger partial charge in [-0.3, -0.25) is 4.57 Å². The van der Waals surface area contributed by atoms with E-state index in [-0.39, 0.29) is 61.5 Å². The van der Waals surface area contributed by atoms with Crippen molar-refractivity contribution < 1.29 is 30.2 Å². The molecule has 4 heterocycles. The Balaban J connectivity index is 1.32. The van der Waals surface area contributed by atoms with Crippen molar-refractivity contribution in [3.8, 4) is 34.2 Å². The molecule has 1 aliphatic heterocycles. The van der Waals surface area contributed by atoms with Crippen LogP contribution in [-0.2, 0) is 5.41 Å². The minimum atomic E-state index is -1.25. The molecule has 284 valence electrons. The summed E-state index contributed by atoms with van der Waals surface area (Å²) in [6.45, 7) is 3.67. The number of para-hydroxylation sites is 5. The van der Waals surface area contributed by atoms with E-state index in [1.807, 2.05) is 13.8 Å². The van der Waals surface area contributed by atoms with Crippen LogP contribution < -0.4 is 4.90 Å². The highest BCUT2D eigenvalue weighted by atomic mass is 15.4. The molecule has 7 aromatic carbocycles. The van der Waals surface area contributed by atoms with Gasteiger partial charge in [0.1, 0.15) is 0 Å². The van der Waals surface area contributed by atoms with E-state index in [0.29, 0.717) is 31.2 Å². The number of aromatic nitrogens is 5. The lowest BCUT2D eigenvalue weighted by Gasteiger charge is -2.49. The highest BCUT2D eigenvalue weighted by molar-refractivity contribution is 6.11. The van der Waals surface area contributed by atoms with Crippen molar-refractivity contribution in [3.63, 3.8) is 0 Å². The number of rotatable bonds is 5. The fourth-order valence-electron chi connectivity index (χ4n) is 9.16. The predicted octanol–water partition coefficient (Wildman–Crippen LogP) is 13.1. The first-order valence-electron chi connectivity index (χ1n) is 30.0. The maximum atomic E-state index is 9.85. The zero-order valence-electron chi connectivity index (χ0n) is 53.5. The maximum absolute atomic E-state index is 9.85. The van der Waals surface area contributed by atoms with Crippen LogP contribution in [0.2, 0.25) is 0 Å². The van der Waals surface area contributed by atoms with E-state index in [1.165, 1.54) is 11.0 Å². The maximum Gasteiger partial charge on any atom is 0.240 e. The summed E-state index contributed by atoms with van der Waals surface area (Å²) >= 11 is 0. The van der Waals surface area contributed by atoms with Gasteiger partial charge in [0.05, 0.1) is 63.4 Å². The molecule has 1 fully saturated rings. The second-order valence-corrected chi connectivity index (χ2v) is 15.1. The summed E-state index contributed by atoms with van der Waals surface area (Å²) in [7, 11) is 0. The molecule has 0 saturated heterocycles. The average Bonchev–Trinajstić information content (AvgIpc) is 3.38. The van der Waals surface area contributed by atoms with E-state index in [9.17, 15) is 19.2 Å². The van der Waals surface area contributed by atoms with Gasteiger partial charge in [0.25, 0.3) is 0 Å². The molecule has 0 radical (unpaired) electrons. The molecular weight excluding hydrogens is 721 g/mol. The fraction of sp³-hybridized carbons (Fsp3) is 0.151. The molecule has 6 nitrogen and oxygen atoms in total. The standard InChI is InChI=1S/C53H42N6/c1-52-32-16-17-33-53(52,2)59(48-29-15-10-24-42(48)52)51-55-49(54-50(56-51)58-44-26-12-6-20-37(44)38-21-7-13-27-45(38)58)40-23-9-14-28-46(40)57-43-25-11-8-22-39(43)41-34-36(30-31-47(41)57)35-18-4-3-5-19-35/h3-15,18-31,34H,16-17,32-33H2,1-2H3/i6D,7D,8D,9D,10D,11D,12D,13D,14D,15D,20D,21D,23D,24D,25D,26D,27D,28D,29D,30D,31D,34D. The summed E-state index contributed by atoms with van der Waals surface area (Å²) in [6, 6.07) is -5.19. The monoisotopic (exact) mass is 784 g/mol. The lowest BCUT2D eigenvalue weighted by Crippen LogP contribution is -2.55. The van der Waals surface area contributed by atoms with E-state index in [2.05, 4.69) is 0 Å². The first-order valence-corrected chi connectivity index (χ1v) is 19.0. The van der Waals surface area contributed by atoms with Gasteiger partial charge in [-0.1, -0.05) is 141 Å². The van der Waals surface area contributed by atoms with Gasteiger partial charge in [0.2, 0.25) is 11.9 Å². The molecule has 0 bridgehead atoms. The van der Waals surface area contributed by atoms with Gasteiger partial charge < -0.3 is 9.47 Å². The van der Waals surface area contributed by atoms with E-state index in [0.717, 1.165) is 9.13 Å². The highest BCUT2D eigenvalue weighted by Gasteiger charge is 2.58. The highest BCUT2D eigenvalue weighted by Crippen LogP contribution is 2.60. The summed E-state index contributed by atoms with van der Waals surface area (Å²) in [5, 5.41) is -0.930. The number of fused-ring (bicyclic) bond motifs is 9. The molecular formula is C53H42N6. The van der Waals surface area contributed by atoms with Crippen LogP contribution in [0.25, 0.3) is 77.8 Å². The molecule has 12 rings (SSSR count). The van der Waals surface area contributed by atoms with Crippen LogP contribution in [0.1, 0.15) is 75.3 Å². The quantitative estimate of drug-likeness (QED) is 0.174. The third-order valence-electron chi connectivity index (χ3n) is 12.2. The Morgan fingerprint density at radius 3 is 1.93 bits per heavy atom. The molecule has 0 spiro atoms. The number of hydrogen-bond acceptors (Lipinski definition) is 4. The lowest BCUT2D eigenvalue weighted by atomic mass is 9.61. The Hall–Kier alpha value is -7.05. The average molecular weight is 785 g/mol. The van der Waals surface area contributed by atoms with Gasteiger partial charge in [0.15, 0.2) is 5.82 Å². The van der Waals surface area contributed by atoms with Crippen molar-refractivity contribution in [2.75, 3.05) is 4.90 Å². The van der Waals surface area contributed by atoms with Crippen molar-refractivity contribution in [1.82, 2.24) is 24.1 Å². The van der Waals surface area contributed by atoms with Crippen molar-refractivity contribution in [2.24, 2.45) is 0 Å². The molecule has 10 aromatic rings. The minimum absolute atomic E-state index is 0.0173. The molecule has 0 amide bonds. The van der Waals surface area contributed by atoms with Crippen LogP contribution in [0.3, 0.4) is 0 Å². The van der Waals surface area contributed by atoms with Gasteiger partial charge >= 0.3 is 0 Å². The first-order chi connectivity index (χ1) is 38.2. The van der Waals surface area contributed by atoms with Crippen LogP contribution in [0.5, 0.6) is 0 Å². The van der Waals surface area contributed by atoms with Crippen LogP contribution in [0.4, 0.5) is 11.6 Å². The van der Waals surface area contributed by atoms with Crippen molar-refractivity contribution in [1.29, 1.82) is 0 Å². The fourth-order valence-corrected chi connectivity index (χ4v) is 9.16. The minimum Gasteiger partial charge on any atom is -0.309 e. The second-order valence-electron chi connectivity index (χ2n) is 15.1. The molecule has 0 N–H and O–H groups in total. The van der Waals surface area contributed by atoms with Crippen molar-refractivity contribution in [3.05, 3.63) is 175 Å². The zero-order chi connectivity index (χ0) is 58.4. The Morgan fingerprint density at radius 1 is 0.508 bits per heavy atom. The van der Waals surface area contributed by atoms with Gasteiger partial charge in [-0.05, 0) is 84.8 Å². The summed E-state index contributed by atoms with van der Waals surface area (Å²) in [4.78, 5) is 16.3. The number of anilines is 2. The summed E-state index contributed by atoms with van der Waals surface area (Å²) < 4.78 is 205. The molecule has 2 aliphatic rings. The topological polar surface area (TPSA) is 51.8 Å². The molecule has 1 saturated carbocycles. The van der Waals surface area contributed by atoms with Gasteiger partial charge in [-0.25, -0.2) is 0 Å². The zero-order valence-corrected chi connectivity index (χ0v) is 31.5. The first kappa shape index (κ1) is 18.7. The van der Waals surface area contributed by atoms with E-state index in [1.54, 1.807) is 30.3 Å². The van der Waals surface area contributed by atoms with Crippen molar-refractivity contribution in [2.45, 2.75) is 50.5 Å². The number of benzene rings is 7. The molecule has 2 atom stereocenters. The van der Waals surface area contributed by atoms with Gasteiger partial charge in [0, 0.05) is 38.2 Å². The summed E-state index contributed by atoms with van der Waals surface area (Å²) in [5.41, 5.74) is -4.62. The molecule has 6 heteroatoms. The van der Waals surface area contributed by atoms with E-state index in [4.69, 9.17) is 25.9 Å². The van der Waals surface area contributed by atoms with Crippen LogP contribution in [-0.4, -0.2) is 29.6 Å². The molecule has 3 aromatic heterocycles. The molecule has 1 aliphatic carbocycles. The van der Waals surface area contributed by atoms with E-state index < -0.39 is 172 Å². The smallest absolute Gasteiger partial charge is 0.240 e. The van der Waals surface area contributed by atoms with Crippen LogP contribution in [0, 0.1) is 0 Å². The third-order valence-corrected chi connectivity index (χ3v) is 12.2. The van der Waals surface area contributed by atoms with Crippen LogP contribution >= 0.6 is 0 Å². The predicted molar refractivity (Wildman–Crippen MR) is 242 cm³/mol. The second kappa shape index (κ2) is 12.7. The molecule has 59 heavy (non-hydrogen) atoms.